The molecule has 1 aromatic heterocycles. The molecular formula is C23H26N2O4S. The summed E-state index contributed by atoms with van der Waals surface area (Å²) in [5.41, 5.74) is 2.49. The lowest BCUT2D eigenvalue weighted by atomic mass is 9.71. The van der Waals surface area contributed by atoms with Crippen molar-refractivity contribution in [3.8, 4) is 11.5 Å². The van der Waals surface area contributed by atoms with Gasteiger partial charge in [-0.25, -0.2) is 0 Å². The maximum absolute atomic E-state index is 13.3. The zero-order chi connectivity index (χ0) is 20.7. The molecule has 1 aromatic carbocycles. The predicted octanol–water partition coefficient (Wildman–Crippen LogP) is 3.60. The third-order valence-electron chi connectivity index (χ3n) is 6.69. The zero-order valence-corrected chi connectivity index (χ0v) is 18.0. The van der Waals surface area contributed by atoms with E-state index in [0.717, 1.165) is 35.6 Å². The van der Waals surface area contributed by atoms with Crippen LogP contribution in [0.15, 0.2) is 41.6 Å². The van der Waals surface area contributed by atoms with Crippen molar-refractivity contribution in [1.82, 2.24) is 4.90 Å². The van der Waals surface area contributed by atoms with E-state index in [-0.39, 0.29) is 23.1 Å². The molecule has 1 saturated carbocycles. The molecule has 1 spiro atoms. The molecule has 0 saturated heterocycles. The molecule has 6 nitrogen and oxygen atoms in total. The number of ether oxygens (including phenoxy) is 2. The summed E-state index contributed by atoms with van der Waals surface area (Å²) in [6.07, 6.45) is 5.99. The van der Waals surface area contributed by atoms with Gasteiger partial charge in [0.25, 0.3) is 5.03 Å². The summed E-state index contributed by atoms with van der Waals surface area (Å²) >= 11 is 1.30. The first-order valence-electron chi connectivity index (χ1n) is 10.6. The molecule has 2 aromatic rings. The van der Waals surface area contributed by atoms with Crippen LogP contribution in [0.25, 0.3) is 0 Å². The van der Waals surface area contributed by atoms with E-state index in [1.807, 2.05) is 11.0 Å². The zero-order valence-electron chi connectivity index (χ0n) is 17.1. The monoisotopic (exact) mass is 426 g/mol. The van der Waals surface area contributed by atoms with Crippen molar-refractivity contribution in [2.24, 2.45) is 0 Å². The Hall–Kier alpha value is -2.41. The first-order chi connectivity index (χ1) is 14.6. The summed E-state index contributed by atoms with van der Waals surface area (Å²) < 4.78 is 12.5. The Morgan fingerprint density at radius 3 is 2.70 bits per heavy atom. The molecule has 1 fully saturated rings. The maximum atomic E-state index is 13.3. The van der Waals surface area contributed by atoms with Crippen molar-refractivity contribution in [3.63, 3.8) is 0 Å². The first kappa shape index (κ1) is 19.5. The lowest BCUT2D eigenvalue weighted by molar-refractivity contribution is -0.645. The molecule has 2 aliphatic heterocycles. The van der Waals surface area contributed by atoms with Crippen molar-refractivity contribution in [2.75, 3.05) is 25.5 Å². The third-order valence-corrected chi connectivity index (χ3v) is 7.69. The SMILES string of the molecule is CC1c2cc3c(cc2C2(CCCC2)CN1C(=O)CSc1cccc[n+]1[O-])OCCO3. The van der Waals surface area contributed by atoms with Crippen molar-refractivity contribution >= 4 is 17.7 Å². The molecule has 5 rings (SSSR count). The molecule has 3 heterocycles. The second-order valence-corrected chi connectivity index (χ2v) is 9.42. The quantitative estimate of drug-likeness (QED) is 0.426. The molecule has 1 unspecified atom stereocenters. The van der Waals surface area contributed by atoms with Crippen LogP contribution in [0.2, 0.25) is 0 Å². The number of benzene rings is 1. The van der Waals surface area contributed by atoms with E-state index in [0.29, 0.717) is 18.2 Å². The highest BCUT2D eigenvalue weighted by molar-refractivity contribution is 7.99. The van der Waals surface area contributed by atoms with Gasteiger partial charge in [0.1, 0.15) is 13.2 Å². The van der Waals surface area contributed by atoms with Crippen molar-refractivity contribution in [2.45, 2.75) is 49.1 Å². The minimum Gasteiger partial charge on any atom is -0.618 e. The average Bonchev–Trinajstić information content (AvgIpc) is 3.24. The van der Waals surface area contributed by atoms with Gasteiger partial charge >= 0.3 is 0 Å². The topological polar surface area (TPSA) is 65.7 Å². The number of carbonyl (C=O) groups is 1. The highest BCUT2D eigenvalue weighted by Crippen LogP contribution is 2.52. The van der Waals surface area contributed by atoms with Crippen LogP contribution in [0, 0.1) is 5.21 Å². The fourth-order valence-corrected chi connectivity index (χ4v) is 5.95. The van der Waals surface area contributed by atoms with Crippen LogP contribution in [-0.4, -0.2) is 36.3 Å². The number of nitrogens with zero attached hydrogens (tertiary/aromatic N) is 2. The Labute approximate surface area is 180 Å². The second kappa shape index (κ2) is 7.69. The molecular weight excluding hydrogens is 400 g/mol. The van der Waals surface area contributed by atoms with Gasteiger partial charge in [0.2, 0.25) is 5.91 Å². The molecule has 1 aliphatic carbocycles. The highest BCUT2D eigenvalue weighted by Gasteiger charge is 2.46. The van der Waals surface area contributed by atoms with Crippen LogP contribution < -0.4 is 14.2 Å². The van der Waals surface area contributed by atoms with Gasteiger partial charge in [0, 0.05) is 24.1 Å². The van der Waals surface area contributed by atoms with Crippen LogP contribution in [0.3, 0.4) is 0 Å². The van der Waals surface area contributed by atoms with Crippen LogP contribution >= 0.6 is 11.8 Å². The lowest BCUT2D eigenvalue weighted by Crippen LogP contribution is -2.49. The maximum Gasteiger partial charge on any atom is 0.251 e. The number of amides is 1. The van der Waals surface area contributed by atoms with E-state index in [4.69, 9.17) is 9.47 Å². The van der Waals surface area contributed by atoms with Gasteiger partial charge in [0.15, 0.2) is 17.7 Å². The summed E-state index contributed by atoms with van der Waals surface area (Å²) in [6.45, 7) is 3.95. The van der Waals surface area contributed by atoms with Crippen LogP contribution in [0.4, 0.5) is 0 Å². The number of fused-ring (bicyclic) bond motifs is 3. The Morgan fingerprint density at radius 2 is 1.97 bits per heavy atom. The van der Waals surface area contributed by atoms with Gasteiger partial charge in [-0.1, -0.05) is 12.8 Å². The number of pyridine rings is 1. The number of thioether (sulfide) groups is 1. The number of hydrogen-bond acceptors (Lipinski definition) is 5. The molecule has 0 bridgehead atoms. The van der Waals surface area contributed by atoms with Crippen molar-refractivity contribution in [1.29, 1.82) is 0 Å². The third kappa shape index (κ3) is 3.29. The molecule has 1 amide bonds. The van der Waals surface area contributed by atoms with Gasteiger partial charge in [-0.3, -0.25) is 4.79 Å². The Bertz CT molecular complexity index is 974. The molecule has 1 atom stereocenters. The van der Waals surface area contributed by atoms with Gasteiger partial charge in [-0.05, 0) is 60.9 Å². The second-order valence-electron chi connectivity index (χ2n) is 8.42. The minimum absolute atomic E-state index is 0.0107. The normalized spacial score (nSPS) is 21.5. The minimum atomic E-state index is -0.0368. The van der Waals surface area contributed by atoms with Gasteiger partial charge in [-0.2, -0.15) is 4.73 Å². The van der Waals surface area contributed by atoms with Crippen LogP contribution in [-0.2, 0) is 10.2 Å². The summed E-state index contributed by atoms with van der Waals surface area (Å²) in [7, 11) is 0. The van der Waals surface area contributed by atoms with Crippen molar-refractivity contribution < 1.29 is 19.0 Å². The number of rotatable bonds is 3. The van der Waals surface area contributed by atoms with Crippen LogP contribution in [0.1, 0.15) is 49.8 Å². The van der Waals surface area contributed by atoms with Gasteiger partial charge in [0.05, 0.1) is 11.8 Å². The summed E-state index contributed by atoms with van der Waals surface area (Å²) in [4.78, 5) is 15.3. The molecule has 0 radical (unpaired) electrons. The van der Waals surface area contributed by atoms with E-state index >= 15 is 0 Å². The fraction of sp³-hybridized carbons (Fsp3) is 0.478. The number of carbonyl (C=O) groups excluding carboxylic acids is 1. The predicted molar refractivity (Wildman–Crippen MR) is 114 cm³/mol. The average molecular weight is 427 g/mol. The van der Waals surface area contributed by atoms with Crippen molar-refractivity contribution in [3.05, 3.63) is 52.9 Å². The molecule has 3 aliphatic rings. The smallest absolute Gasteiger partial charge is 0.251 e. The Morgan fingerprint density at radius 1 is 1.23 bits per heavy atom. The van der Waals surface area contributed by atoms with E-state index in [9.17, 15) is 10.0 Å². The molecule has 7 heteroatoms. The van der Waals surface area contributed by atoms with E-state index in [1.54, 1.807) is 12.1 Å². The van der Waals surface area contributed by atoms with E-state index in [2.05, 4.69) is 19.1 Å². The summed E-state index contributed by atoms with van der Waals surface area (Å²) in [5.74, 6) is 1.94. The molecule has 30 heavy (non-hydrogen) atoms. The fourth-order valence-electron chi connectivity index (χ4n) is 5.15. The summed E-state index contributed by atoms with van der Waals surface area (Å²) in [6, 6.07) is 9.49. The van der Waals surface area contributed by atoms with Crippen LogP contribution in [0.5, 0.6) is 11.5 Å². The Kier molecular flexibility index (Phi) is 5.01. The number of aromatic nitrogens is 1. The molecule has 158 valence electrons. The standard InChI is InChI=1S/C23H26N2O4S/c1-16-17-12-19-20(29-11-10-28-19)13-18(17)23(7-3-4-8-23)15-24(16)21(26)14-30-22-6-2-5-9-25(22)27/h2,5-6,9,12-13,16H,3-4,7-8,10-11,14-15H2,1H3. The first-order valence-corrected chi connectivity index (χ1v) is 11.6. The Balaban J connectivity index is 1.45. The van der Waals surface area contributed by atoms with Gasteiger partial charge in [-0.15, -0.1) is 0 Å². The van der Waals surface area contributed by atoms with E-state index in [1.165, 1.54) is 41.9 Å². The number of hydrogen-bond donors (Lipinski definition) is 0. The summed E-state index contributed by atoms with van der Waals surface area (Å²) in [5, 5.41) is 12.5. The lowest BCUT2D eigenvalue weighted by Gasteiger charge is -2.46. The molecule has 0 N–H and O–H groups in total. The van der Waals surface area contributed by atoms with E-state index < -0.39 is 0 Å². The highest BCUT2D eigenvalue weighted by atomic mass is 32.2. The van der Waals surface area contributed by atoms with Gasteiger partial charge < -0.3 is 19.6 Å². The largest absolute Gasteiger partial charge is 0.618 e.